The summed E-state index contributed by atoms with van der Waals surface area (Å²) in [7, 11) is -1.68. The van der Waals surface area contributed by atoms with E-state index in [9.17, 15) is 19.2 Å². The lowest BCUT2D eigenvalue weighted by molar-refractivity contribution is -0.138. The van der Waals surface area contributed by atoms with Gasteiger partial charge in [0.25, 0.3) is 9.84 Å². The van der Waals surface area contributed by atoms with E-state index in [4.69, 9.17) is 0 Å². The monoisotopic (exact) mass is 230 g/mol. The lowest BCUT2D eigenvalue weighted by Gasteiger charge is -2.24. The first-order chi connectivity index (χ1) is 6.77. The van der Waals surface area contributed by atoms with Crippen LogP contribution in [-0.4, -0.2) is 42.6 Å². The van der Waals surface area contributed by atoms with Gasteiger partial charge in [-0.15, -0.1) is 0 Å². The average molecular weight is 230 g/mol. The maximum atomic E-state index is 11.1. The van der Waals surface area contributed by atoms with Crippen molar-refractivity contribution in [1.82, 2.24) is 9.13 Å². The Morgan fingerprint density at radius 3 is 1.00 bits per heavy atom. The van der Waals surface area contributed by atoms with Gasteiger partial charge in [-0.2, -0.15) is 0 Å². The number of imide groups is 2. The topological polar surface area (TPSA) is 74.8 Å². The second-order valence-corrected chi connectivity index (χ2v) is 4.62. The highest BCUT2D eigenvalue weighted by molar-refractivity contribution is 6.46. The minimum Gasteiger partial charge on any atom is -0.297 e. The van der Waals surface area contributed by atoms with Crippen LogP contribution in [0.15, 0.2) is 0 Å². The Labute approximate surface area is 90.2 Å². The summed E-state index contributed by atoms with van der Waals surface area (Å²) in [6.07, 6.45) is 0. The molecule has 0 atom stereocenters. The van der Waals surface area contributed by atoms with E-state index in [-0.39, 0.29) is 0 Å². The van der Waals surface area contributed by atoms with Crippen LogP contribution in [0.1, 0.15) is 27.7 Å². The van der Waals surface area contributed by atoms with Crippen molar-refractivity contribution in [1.29, 1.82) is 0 Å². The molecule has 6 nitrogen and oxygen atoms in total. The number of hydrogen-bond donors (Lipinski definition) is 0. The molecule has 0 heterocycles. The summed E-state index contributed by atoms with van der Waals surface area (Å²) in [6, 6.07) is 0. The van der Waals surface area contributed by atoms with E-state index in [0.717, 1.165) is 9.13 Å². The SMILES string of the molecule is CC(=O)N([SiH2]N(C(C)=O)C(C)=O)C(C)=O. The predicted octanol–water partition coefficient (Wildman–Crippen LogP) is -1.22. The summed E-state index contributed by atoms with van der Waals surface area (Å²) in [5.41, 5.74) is 0. The zero-order chi connectivity index (χ0) is 12.2. The average Bonchev–Trinajstić information content (AvgIpc) is 2.01. The van der Waals surface area contributed by atoms with Crippen LogP contribution in [0.25, 0.3) is 0 Å². The molecule has 0 saturated heterocycles. The largest absolute Gasteiger partial charge is 0.297 e. The standard InChI is InChI=1S/C8H14N2O4Si/c1-5(11)9(6(2)12)15-10(7(3)13)8(4)14/h15H2,1-4H3. The Hall–Kier alpha value is -1.50. The molecule has 0 fully saturated rings. The van der Waals surface area contributed by atoms with Crippen molar-refractivity contribution in [2.24, 2.45) is 0 Å². The third-order valence-electron chi connectivity index (χ3n) is 1.80. The molecule has 15 heavy (non-hydrogen) atoms. The van der Waals surface area contributed by atoms with Gasteiger partial charge in [-0.25, -0.2) is 0 Å². The summed E-state index contributed by atoms with van der Waals surface area (Å²) in [5, 5.41) is 0. The third-order valence-corrected chi connectivity index (χ3v) is 4.15. The molecule has 0 unspecified atom stereocenters. The van der Waals surface area contributed by atoms with Gasteiger partial charge >= 0.3 is 0 Å². The third kappa shape index (κ3) is 4.02. The number of nitrogens with zero attached hydrogens (tertiary/aromatic N) is 2. The second kappa shape index (κ2) is 5.40. The van der Waals surface area contributed by atoms with E-state index in [1.807, 2.05) is 0 Å². The van der Waals surface area contributed by atoms with Crippen molar-refractivity contribution >= 4 is 33.5 Å². The van der Waals surface area contributed by atoms with Crippen LogP contribution < -0.4 is 0 Å². The zero-order valence-corrected chi connectivity index (χ0v) is 10.6. The van der Waals surface area contributed by atoms with Gasteiger partial charge in [0.15, 0.2) is 0 Å². The van der Waals surface area contributed by atoms with E-state index >= 15 is 0 Å². The van der Waals surface area contributed by atoms with Gasteiger partial charge in [0.1, 0.15) is 0 Å². The van der Waals surface area contributed by atoms with Gasteiger partial charge in [-0.05, 0) is 0 Å². The summed E-state index contributed by atoms with van der Waals surface area (Å²) in [6.45, 7) is 4.92. The Morgan fingerprint density at radius 1 is 0.667 bits per heavy atom. The van der Waals surface area contributed by atoms with Gasteiger partial charge in [0.05, 0.1) is 0 Å². The fourth-order valence-electron chi connectivity index (χ4n) is 0.983. The first-order valence-corrected chi connectivity index (χ1v) is 5.61. The molecule has 0 aromatic rings. The lowest BCUT2D eigenvalue weighted by atomic mass is 10.6. The molecular formula is C8H14N2O4Si. The molecule has 0 aliphatic carbocycles. The molecule has 0 aliphatic heterocycles. The molecule has 0 aromatic carbocycles. The van der Waals surface area contributed by atoms with Crippen molar-refractivity contribution in [2.75, 3.05) is 0 Å². The van der Waals surface area contributed by atoms with Gasteiger partial charge < -0.3 is 0 Å². The quantitative estimate of drug-likeness (QED) is 0.557. The fourth-order valence-corrected chi connectivity index (χ4v) is 2.06. The predicted molar refractivity (Wildman–Crippen MR) is 54.9 cm³/mol. The van der Waals surface area contributed by atoms with Crippen molar-refractivity contribution < 1.29 is 19.2 Å². The van der Waals surface area contributed by atoms with E-state index in [1.165, 1.54) is 27.7 Å². The molecule has 0 bridgehead atoms. The molecule has 0 radical (unpaired) electrons. The van der Waals surface area contributed by atoms with Gasteiger partial charge in [0, 0.05) is 27.7 Å². The van der Waals surface area contributed by atoms with Crippen LogP contribution in [0.4, 0.5) is 0 Å². The highest BCUT2D eigenvalue weighted by atomic mass is 28.2. The highest BCUT2D eigenvalue weighted by Crippen LogP contribution is 1.95. The van der Waals surface area contributed by atoms with Crippen molar-refractivity contribution in [2.45, 2.75) is 27.7 Å². The van der Waals surface area contributed by atoms with Gasteiger partial charge in [-0.3, -0.25) is 28.3 Å². The molecule has 84 valence electrons. The minimum atomic E-state index is -1.68. The van der Waals surface area contributed by atoms with Crippen molar-refractivity contribution in [3.05, 3.63) is 0 Å². The van der Waals surface area contributed by atoms with Crippen LogP contribution >= 0.6 is 0 Å². The summed E-state index contributed by atoms with van der Waals surface area (Å²) < 4.78 is 1.92. The van der Waals surface area contributed by atoms with Crippen LogP contribution in [0.3, 0.4) is 0 Å². The molecule has 7 heteroatoms. The van der Waals surface area contributed by atoms with Gasteiger partial charge in [0.2, 0.25) is 23.6 Å². The maximum absolute atomic E-state index is 11.1. The molecule has 0 aliphatic rings. The lowest BCUT2D eigenvalue weighted by Crippen LogP contribution is -2.49. The molecule has 0 aromatic heterocycles. The number of rotatable bonds is 2. The summed E-state index contributed by atoms with van der Waals surface area (Å²) in [5.74, 6) is -1.77. The number of carbonyl (C=O) groups is 4. The van der Waals surface area contributed by atoms with E-state index in [2.05, 4.69) is 0 Å². The van der Waals surface area contributed by atoms with Crippen LogP contribution in [0.2, 0.25) is 0 Å². The van der Waals surface area contributed by atoms with Crippen molar-refractivity contribution in [3.63, 3.8) is 0 Å². The number of amides is 4. The van der Waals surface area contributed by atoms with Crippen LogP contribution in [-0.2, 0) is 19.2 Å². The fraction of sp³-hybridized carbons (Fsp3) is 0.500. The van der Waals surface area contributed by atoms with E-state index < -0.39 is 33.5 Å². The number of carbonyl (C=O) groups excluding carboxylic acids is 4. The normalized spacial score (nSPS) is 9.33. The maximum Gasteiger partial charge on any atom is 0.253 e. The summed E-state index contributed by atoms with van der Waals surface area (Å²) >= 11 is 0. The molecule has 0 rings (SSSR count). The van der Waals surface area contributed by atoms with E-state index in [1.54, 1.807) is 0 Å². The van der Waals surface area contributed by atoms with Gasteiger partial charge in [-0.1, -0.05) is 0 Å². The number of hydrogen-bond acceptors (Lipinski definition) is 4. The van der Waals surface area contributed by atoms with Crippen LogP contribution in [0.5, 0.6) is 0 Å². The highest BCUT2D eigenvalue weighted by Gasteiger charge is 2.22. The Bertz CT molecular complexity index is 258. The van der Waals surface area contributed by atoms with Crippen molar-refractivity contribution in [3.8, 4) is 0 Å². The second-order valence-electron chi connectivity index (χ2n) is 3.07. The van der Waals surface area contributed by atoms with Crippen LogP contribution in [0, 0.1) is 0 Å². The smallest absolute Gasteiger partial charge is 0.253 e. The molecular weight excluding hydrogens is 216 g/mol. The molecule has 0 N–H and O–H groups in total. The summed E-state index contributed by atoms with van der Waals surface area (Å²) in [4.78, 5) is 44.2. The zero-order valence-electron chi connectivity index (χ0n) is 9.23. The van der Waals surface area contributed by atoms with E-state index in [0.29, 0.717) is 0 Å². The first kappa shape index (κ1) is 13.5. The molecule has 4 amide bonds. The Balaban J connectivity index is 4.77. The Morgan fingerprint density at radius 2 is 0.867 bits per heavy atom. The molecule has 0 saturated carbocycles. The Kier molecular flexibility index (Phi) is 4.85. The minimum absolute atomic E-state index is 0.443. The molecule has 0 spiro atoms. The first-order valence-electron chi connectivity index (χ1n) is 4.34.